The first-order valence-corrected chi connectivity index (χ1v) is 14.1. The monoisotopic (exact) mass is 593 g/mol. The van der Waals surface area contributed by atoms with Gasteiger partial charge < -0.3 is 36.9 Å². The molecule has 0 saturated carbocycles. The van der Waals surface area contributed by atoms with Crippen LogP contribution in [-0.2, 0) is 36.8 Å². The lowest BCUT2D eigenvalue weighted by molar-refractivity contribution is -0.142. The molecular formula is C31H39N5O7. The Kier molecular flexibility index (Phi) is 11.8. The predicted molar refractivity (Wildman–Crippen MR) is 160 cm³/mol. The number of para-hydroxylation sites is 1. The maximum Gasteiger partial charge on any atom is 0.326 e. The number of aliphatic carboxylic acids is 2. The Hall–Kier alpha value is -4.71. The van der Waals surface area contributed by atoms with Gasteiger partial charge in [0.15, 0.2) is 0 Å². The van der Waals surface area contributed by atoms with Crippen LogP contribution in [-0.4, -0.2) is 69.0 Å². The van der Waals surface area contributed by atoms with E-state index in [1.165, 1.54) is 0 Å². The fourth-order valence-corrected chi connectivity index (χ4v) is 4.72. The summed E-state index contributed by atoms with van der Waals surface area (Å²) >= 11 is 0. The molecule has 12 heteroatoms. The minimum absolute atomic E-state index is 0.0222. The first-order chi connectivity index (χ1) is 20.4. The van der Waals surface area contributed by atoms with E-state index in [0.29, 0.717) is 0 Å². The molecule has 1 heterocycles. The number of carboxylic acid groups (broad SMARTS) is 2. The highest BCUT2D eigenvalue weighted by molar-refractivity contribution is 5.94. The molecule has 3 aromatic rings. The Balaban J connectivity index is 1.77. The van der Waals surface area contributed by atoms with E-state index in [-0.39, 0.29) is 38.0 Å². The van der Waals surface area contributed by atoms with Gasteiger partial charge in [0.1, 0.15) is 18.1 Å². The Bertz CT molecular complexity index is 1420. The lowest BCUT2D eigenvalue weighted by Gasteiger charge is -2.26. The van der Waals surface area contributed by atoms with Gasteiger partial charge in [-0.1, -0.05) is 62.4 Å². The van der Waals surface area contributed by atoms with E-state index >= 15 is 0 Å². The Morgan fingerprint density at radius 2 is 1.40 bits per heavy atom. The highest BCUT2D eigenvalue weighted by Gasteiger charge is 2.31. The van der Waals surface area contributed by atoms with E-state index in [4.69, 9.17) is 10.8 Å². The third-order valence-electron chi connectivity index (χ3n) is 6.98. The minimum Gasteiger partial charge on any atom is -0.481 e. The highest BCUT2D eigenvalue weighted by Crippen LogP contribution is 2.19. The zero-order chi connectivity index (χ0) is 31.5. The average molecular weight is 594 g/mol. The van der Waals surface area contributed by atoms with Crippen molar-refractivity contribution in [3.63, 3.8) is 0 Å². The maximum atomic E-state index is 13.5. The summed E-state index contributed by atoms with van der Waals surface area (Å²) in [6.45, 7) is 3.72. The van der Waals surface area contributed by atoms with Crippen LogP contribution in [0.5, 0.6) is 0 Å². The normalized spacial score (nSPS) is 14.0. The first-order valence-electron chi connectivity index (χ1n) is 14.1. The number of carbonyl (C=O) groups is 5. The minimum atomic E-state index is -1.26. The first kappa shape index (κ1) is 32.8. The van der Waals surface area contributed by atoms with E-state index in [0.717, 1.165) is 22.0 Å². The number of hydrogen-bond donors (Lipinski definition) is 7. The van der Waals surface area contributed by atoms with E-state index in [9.17, 15) is 29.1 Å². The van der Waals surface area contributed by atoms with Crippen LogP contribution >= 0.6 is 0 Å². The van der Waals surface area contributed by atoms with Gasteiger partial charge in [0, 0.05) is 36.4 Å². The van der Waals surface area contributed by atoms with E-state index in [1.807, 2.05) is 38.1 Å². The summed E-state index contributed by atoms with van der Waals surface area (Å²) < 4.78 is 0. The molecule has 4 atom stereocenters. The van der Waals surface area contributed by atoms with Crippen LogP contribution in [0, 0.1) is 5.92 Å². The van der Waals surface area contributed by atoms with Crippen molar-refractivity contribution in [1.29, 1.82) is 0 Å². The molecule has 0 spiro atoms. The van der Waals surface area contributed by atoms with E-state index in [1.54, 1.807) is 36.5 Å². The number of amides is 3. The number of rotatable bonds is 16. The average Bonchev–Trinajstić information content (AvgIpc) is 3.37. The molecule has 0 radical (unpaired) electrons. The standard InChI is InChI=1S/C31H39N5O7/c1-18(2)14-24(29(40)36-26(31(42)43)16-20-17-33-23-11-7-6-10-21(20)23)35-30(41)25(15-19-8-4-3-5-9-19)34-28(39)22(32)12-13-27(37)38/h3-11,17-18,22,24-26,33H,12-16,32H2,1-2H3,(H,34,39)(H,35,41)(H,36,40)(H,37,38)(H,42,43). The number of hydrogen-bond acceptors (Lipinski definition) is 6. The lowest BCUT2D eigenvalue weighted by atomic mass is 9.99. The lowest BCUT2D eigenvalue weighted by Crippen LogP contribution is -2.58. The molecule has 0 saturated heterocycles. The molecule has 0 aliphatic carbocycles. The number of carbonyl (C=O) groups excluding carboxylic acids is 3. The summed E-state index contributed by atoms with van der Waals surface area (Å²) in [6, 6.07) is 11.7. The van der Waals surface area contributed by atoms with Crippen molar-refractivity contribution < 1.29 is 34.2 Å². The highest BCUT2D eigenvalue weighted by atomic mass is 16.4. The summed E-state index contributed by atoms with van der Waals surface area (Å²) in [5, 5.41) is 27.5. The van der Waals surface area contributed by atoms with Gasteiger partial charge >= 0.3 is 11.9 Å². The number of nitrogens with one attached hydrogen (secondary N) is 4. The molecule has 0 aliphatic heterocycles. The second-order valence-electron chi connectivity index (χ2n) is 10.9. The molecule has 230 valence electrons. The second kappa shape index (κ2) is 15.5. The topological polar surface area (TPSA) is 204 Å². The van der Waals surface area contributed by atoms with Crippen molar-refractivity contribution in [2.45, 2.75) is 70.1 Å². The fraction of sp³-hybridized carbons (Fsp3) is 0.387. The zero-order valence-corrected chi connectivity index (χ0v) is 24.2. The molecule has 8 N–H and O–H groups in total. The van der Waals surface area contributed by atoms with E-state index in [2.05, 4.69) is 20.9 Å². The van der Waals surface area contributed by atoms with Crippen LogP contribution in [0.25, 0.3) is 10.9 Å². The smallest absolute Gasteiger partial charge is 0.326 e. The summed E-state index contributed by atoms with van der Waals surface area (Å²) in [5.74, 6) is -4.40. The quantitative estimate of drug-likeness (QED) is 0.130. The van der Waals surface area contributed by atoms with Gasteiger partial charge in [-0.2, -0.15) is 0 Å². The van der Waals surface area contributed by atoms with Gasteiger partial charge in [0.25, 0.3) is 0 Å². The third-order valence-corrected chi connectivity index (χ3v) is 6.98. The number of aromatic nitrogens is 1. The van der Waals surface area contributed by atoms with Crippen molar-refractivity contribution in [1.82, 2.24) is 20.9 Å². The number of carboxylic acids is 2. The molecule has 0 bridgehead atoms. The third kappa shape index (κ3) is 9.96. The van der Waals surface area contributed by atoms with Crippen molar-refractivity contribution >= 4 is 40.6 Å². The number of aromatic amines is 1. The Morgan fingerprint density at radius 3 is 2.05 bits per heavy atom. The summed E-state index contributed by atoms with van der Waals surface area (Å²) in [4.78, 5) is 65.9. The van der Waals surface area contributed by atoms with E-state index < -0.39 is 53.8 Å². The zero-order valence-electron chi connectivity index (χ0n) is 24.2. The number of H-pyrrole nitrogens is 1. The van der Waals surface area contributed by atoms with Crippen LogP contribution in [0.4, 0.5) is 0 Å². The SMILES string of the molecule is CC(C)CC(NC(=O)C(Cc1ccccc1)NC(=O)C(N)CCC(=O)O)C(=O)NC(Cc1c[nH]c2ccccc12)C(=O)O. The number of benzene rings is 2. The molecule has 0 aliphatic rings. The van der Waals surface area contributed by atoms with Crippen LogP contribution in [0.1, 0.15) is 44.2 Å². The maximum absolute atomic E-state index is 13.5. The number of fused-ring (bicyclic) bond motifs is 1. The molecule has 3 amide bonds. The Labute approximate surface area is 249 Å². The Morgan fingerprint density at radius 1 is 0.791 bits per heavy atom. The molecule has 1 aromatic heterocycles. The summed E-state index contributed by atoms with van der Waals surface area (Å²) in [6.07, 6.45) is 1.59. The molecule has 43 heavy (non-hydrogen) atoms. The molecule has 3 rings (SSSR count). The van der Waals surface area contributed by atoms with Gasteiger partial charge in [-0.15, -0.1) is 0 Å². The van der Waals surface area contributed by atoms with Crippen LogP contribution < -0.4 is 21.7 Å². The van der Waals surface area contributed by atoms with Crippen molar-refractivity contribution in [2.75, 3.05) is 0 Å². The van der Waals surface area contributed by atoms with Crippen molar-refractivity contribution in [3.8, 4) is 0 Å². The van der Waals surface area contributed by atoms with Gasteiger partial charge in [-0.25, -0.2) is 4.79 Å². The van der Waals surface area contributed by atoms with Crippen LogP contribution in [0.3, 0.4) is 0 Å². The fourth-order valence-electron chi connectivity index (χ4n) is 4.72. The van der Waals surface area contributed by atoms with Crippen LogP contribution in [0.2, 0.25) is 0 Å². The molecule has 12 nitrogen and oxygen atoms in total. The molecule has 0 fully saturated rings. The van der Waals surface area contributed by atoms with Gasteiger partial charge in [0.05, 0.1) is 6.04 Å². The second-order valence-corrected chi connectivity index (χ2v) is 10.9. The predicted octanol–water partition coefficient (Wildman–Crippen LogP) is 1.73. The molecular weight excluding hydrogens is 554 g/mol. The summed E-state index contributed by atoms with van der Waals surface area (Å²) in [7, 11) is 0. The van der Waals surface area contributed by atoms with Gasteiger partial charge in [0.2, 0.25) is 17.7 Å². The number of nitrogens with two attached hydrogens (primary N) is 1. The largest absolute Gasteiger partial charge is 0.481 e. The molecule has 4 unspecified atom stereocenters. The van der Waals surface area contributed by atoms with Crippen molar-refractivity contribution in [2.24, 2.45) is 11.7 Å². The van der Waals surface area contributed by atoms with Gasteiger partial charge in [-0.3, -0.25) is 19.2 Å². The van der Waals surface area contributed by atoms with Crippen LogP contribution in [0.15, 0.2) is 60.8 Å². The van der Waals surface area contributed by atoms with Crippen molar-refractivity contribution in [3.05, 3.63) is 71.9 Å². The van der Waals surface area contributed by atoms with Gasteiger partial charge in [-0.05, 0) is 36.0 Å². The molecule has 2 aromatic carbocycles. The summed E-state index contributed by atoms with van der Waals surface area (Å²) in [5.41, 5.74) is 8.16.